The summed E-state index contributed by atoms with van der Waals surface area (Å²) in [6.45, 7) is 3.79. The van der Waals surface area contributed by atoms with Crippen molar-refractivity contribution < 1.29 is 23.1 Å². The van der Waals surface area contributed by atoms with Gasteiger partial charge in [-0.25, -0.2) is 8.78 Å². The average Bonchev–Trinajstić information content (AvgIpc) is 2.64. The largest absolute Gasteiger partial charge is 0.494 e. The van der Waals surface area contributed by atoms with Gasteiger partial charge in [-0.1, -0.05) is 6.07 Å². The summed E-state index contributed by atoms with van der Waals surface area (Å²) in [5, 5.41) is 5.11. The highest BCUT2D eigenvalue weighted by atomic mass is 19.1. The van der Waals surface area contributed by atoms with Crippen LogP contribution in [0, 0.1) is 11.6 Å². The van der Waals surface area contributed by atoms with Gasteiger partial charge in [-0.3, -0.25) is 9.59 Å². The molecule has 1 unspecified atom stereocenters. The molecule has 0 saturated heterocycles. The van der Waals surface area contributed by atoms with Gasteiger partial charge in [0, 0.05) is 17.2 Å². The number of hydrogen-bond acceptors (Lipinski definition) is 3. The van der Waals surface area contributed by atoms with E-state index in [-0.39, 0.29) is 18.5 Å². The molecule has 0 heterocycles. The standard InChI is InChI=1S/C20H22F2N2O3/c1-3-27-15-9-7-14(8-10-15)20(26)23-12-19(25)24-13(2)11-16-17(21)5-4-6-18(16)22/h4-10,13H,3,11-12H2,1-2H3,(H,23,26)(H,24,25). The van der Waals surface area contributed by atoms with Crippen molar-refractivity contribution in [3.05, 3.63) is 65.2 Å². The van der Waals surface area contributed by atoms with E-state index in [9.17, 15) is 18.4 Å². The van der Waals surface area contributed by atoms with Crippen molar-refractivity contribution in [2.75, 3.05) is 13.2 Å². The van der Waals surface area contributed by atoms with E-state index in [1.807, 2.05) is 6.92 Å². The Balaban J connectivity index is 1.82. The van der Waals surface area contributed by atoms with Gasteiger partial charge in [0.1, 0.15) is 17.4 Å². The zero-order valence-electron chi connectivity index (χ0n) is 15.2. The Morgan fingerprint density at radius 3 is 2.30 bits per heavy atom. The molecule has 27 heavy (non-hydrogen) atoms. The second kappa shape index (κ2) is 9.66. The third kappa shape index (κ3) is 6.06. The van der Waals surface area contributed by atoms with E-state index < -0.39 is 29.5 Å². The van der Waals surface area contributed by atoms with Gasteiger partial charge < -0.3 is 15.4 Å². The van der Waals surface area contributed by atoms with E-state index in [1.165, 1.54) is 18.2 Å². The minimum atomic E-state index is -0.653. The lowest BCUT2D eigenvalue weighted by atomic mass is 10.1. The van der Waals surface area contributed by atoms with E-state index >= 15 is 0 Å². The molecule has 0 aliphatic rings. The molecule has 0 spiro atoms. The Morgan fingerprint density at radius 1 is 1.07 bits per heavy atom. The van der Waals surface area contributed by atoms with E-state index in [0.29, 0.717) is 17.9 Å². The number of carbonyl (C=O) groups excluding carboxylic acids is 2. The molecule has 144 valence electrons. The smallest absolute Gasteiger partial charge is 0.251 e. The van der Waals surface area contributed by atoms with Gasteiger partial charge in [-0.15, -0.1) is 0 Å². The molecule has 0 aliphatic carbocycles. The number of amides is 2. The second-order valence-electron chi connectivity index (χ2n) is 6.01. The van der Waals surface area contributed by atoms with Crippen LogP contribution in [0.4, 0.5) is 8.78 Å². The van der Waals surface area contributed by atoms with Gasteiger partial charge in [-0.05, 0) is 56.7 Å². The third-order valence-electron chi connectivity index (χ3n) is 3.82. The maximum Gasteiger partial charge on any atom is 0.251 e. The lowest BCUT2D eigenvalue weighted by molar-refractivity contribution is -0.120. The predicted molar refractivity (Wildman–Crippen MR) is 97.6 cm³/mol. The first-order chi connectivity index (χ1) is 12.9. The Morgan fingerprint density at radius 2 is 1.70 bits per heavy atom. The van der Waals surface area contributed by atoms with Crippen molar-refractivity contribution in [1.29, 1.82) is 0 Å². The fraction of sp³-hybridized carbons (Fsp3) is 0.300. The molecule has 2 N–H and O–H groups in total. The highest BCUT2D eigenvalue weighted by Crippen LogP contribution is 2.14. The molecule has 2 aromatic carbocycles. The van der Waals surface area contributed by atoms with Crippen LogP contribution in [0.5, 0.6) is 5.75 Å². The van der Waals surface area contributed by atoms with E-state index in [1.54, 1.807) is 31.2 Å². The van der Waals surface area contributed by atoms with Gasteiger partial charge in [0.15, 0.2) is 0 Å². The van der Waals surface area contributed by atoms with E-state index in [2.05, 4.69) is 10.6 Å². The van der Waals surface area contributed by atoms with Gasteiger partial charge >= 0.3 is 0 Å². The Kier molecular flexibility index (Phi) is 7.28. The molecule has 0 fully saturated rings. The first-order valence-electron chi connectivity index (χ1n) is 8.64. The second-order valence-corrected chi connectivity index (χ2v) is 6.01. The summed E-state index contributed by atoms with van der Waals surface area (Å²) in [5.41, 5.74) is 0.316. The van der Waals surface area contributed by atoms with Gasteiger partial charge in [0.05, 0.1) is 13.2 Å². The number of ether oxygens (including phenoxy) is 1. The highest BCUT2D eigenvalue weighted by Gasteiger charge is 2.15. The van der Waals surface area contributed by atoms with Crippen molar-refractivity contribution >= 4 is 11.8 Å². The lowest BCUT2D eigenvalue weighted by Gasteiger charge is -2.15. The maximum atomic E-state index is 13.6. The van der Waals surface area contributed by atoms with Crippen molar-refractivity contribution in [2.45, 2.75) is 26.3 Å². The summed E-state index contributed by atoms with van der Waals surface area (Å²) in [6.07, 6.45) is 0.0110. The Bertz CT molecular complexity index is 774. The topological polar surface area (TPSA) is 67.4 Å². The molecular weight excluding hydrogens is 354 g/mol. The maximum absolute atomic E-state index is 13.6. The molecule has 0 bridgehead atoms. The summed E-state index contributed by atoms with van der Waals surface area (Å²) in [5.74, 6) is -1.50. The van der Waals surface area contributed by atoms with Crippen LogP contribution < -0.4 is 15.4 Å². The zero-order chi connectivity index (χ0) is 19.8. The summed E-state index contributed by atoms with van der Waals surface area (Å²) in [6, 6.07) is 9.67. The minimum Gasteiger partial charge on any atom is -0.494 e. The summed E-state index contributed by atoms with van der Waals surface area (Å²) in [4.78, 5) is 24.0. The van der Waals surface area contributed by atoms with E-state index in [4.69, 9.17) is 4.74 Å². The molecule has 7 heteroatoms. The number of hydrogen-bond donors (Lipinski definition) is 2. The van der Waals surface area contributed by atoms with Crippen molar-refractivity contribution in [3.63, 3.8) is 0 Å². The number of nitrogens with one attached hydrogen (secondary N) is 2. The SMILES string of the molecule is CCOc1ccc(C(=O)NCC(=O)NC(C)Cc2c(F)cccc2F)cc1. The molecule has 2 amide bonds. The average molecular weight is 376 g/mol. The fourth-order valence-electron chi connectivity index (χ4n) is 2.54. The Hall–Kier alpha value is -2.96. The Labute approximate surface area is 156 Å². The summed E-state index contributed by atoms with van der Waals surface area (Å²) >= 11 is 0. The molecule has 2 aromatic rings. The zero-order valence-corrected chi connectivity index (χ0v) is 15.2. The van der Waals surface area contributed by atoms with Crippen LogP contribution in [0.3, 0.4) is 0 Å². The monoisotopic (exact) mass is 376 g/mol. The van der Waals surface area contributed by atoms with Gasteiger partial charge in [-0.2, -0.15) is 0 Å². The van der Waals surface area contributed by atoms with Crippen molar-refractivity contribution in [3.8, 4) is 5.75 Å². The molecule has 5 nitrogen and oxygen atoms in total. The lowest BCUT2D eigenvalue weighted by Crippen LogP contribution is -2.41. The summed E-state index contributed by atoms with van der Waals surface area (Å²) < 4.78 is 32.6. The quantitative estimate of drug-likeness (QED) is 0.745. The third-order valence-corrected chi connectivity index (χ3v) is 3.82. The van der Waals surface area contributed by atoms with Crippen LogP contribution in [0.2, 0.25) is 0 Å². The normalized spacial score (nSPS) is 11.6. The molecule has 0 aromatic heterocycles. The minimum absolute atomic E-state index is 0.0110. The van der Waals surface area contributed by atoms with Crippen molar-refractivity contribution in [2.24, 2.45) is 0 Å². The number of halogens is 2. The first kappa shape index (κ1) is 20.4. The molecule has 1 atom stereocenters. The number of carbonyl (C=O) groups is 2. The van der Waals surface area contributed by atoms with Crippen LogP contribution in [-0.4, -0.2) is 31.0 Å². The van der Waals surface area contributed by atoms with Crippen molar-refractivity contribution in [1.82, 2.24) is 10.6 Å². The highest BCUT2D eigenvalue weighted by molar-refractivity contribution is 5.96. The number of rotatable bonds is 8. The molecule has 2 rings (SSSR count). The van der Waals surface area contributed by atoms with Crippen LogP contribution >= 0.6 is 0 Å². The van der Waals surface area contributed by atoms with Crippen LogP contribution in [0.15, 0.2) is 42.5 Å². The van der Waals surface area contributed by atoms with Crippen LogP contribution in [-0.2, 0) is 11.2 Å². The molecule has 0 aliphatic heterocycles. The fourth-order valence-corrected chi connectivity index (χ4v) is 2.54. The molecular formula is C20H22F2N2O3. The summed E-state index contributed by atoms with van der Waals surface area (Å²) in [7, 11) is 0. The first-order valence-corrected chi connectivity index (χ1v) is 8.64. The molecule has 0 radical (unpaired) electrons. The predicted octanol–water partition coefficient (Wildman–Crippen LogP) is 2.84. The van der Waals surface area contributed by atoms with Crippen LogP contribution in [0.1, 0.15) is 29.8 Å². The van der Waals surface area contributed by atoms with E-state index in [0.717, 1.165) is 0 Å². The number of benzene rings is 2. The van der Waals surface area contributed by atoms with Gasteiger partial charge in [0.2, 0.25) is 5.91 Å². The molecule has 0 saturated carbocycles. The van der Waals surface area contributed by atoms with Gasteiger partial charge in [0.25, 0.3) is 5.91 Å². The van der Waals surface area contributed by atoms with Crippen LogP contribution in [0.25, 0.3) is 0 Å².